The molecule has 2 aliphatic rings. The maximum absolute atomic E-state index is 11.8. The van der Waals surface area contributed by atoms with Gasteiger partial charge in [-0.1, -0.05) is 0 Å². The van der Waals surface area contributed by atoms with Crippen LogP contribution < -0.4 is 11.1 Å². The van der Waals surface area contributed by atoms with E-state index >= 15 is 0 Å². The van der Waals surface area contributed by atoms with Crippen LogP contribution in [0.2, 0.25) is 0 Å². The van der Waals surface area contributed by atoms with Crippen molar-refractivity contribution in [2.75, 3.05) is 19.7 Å². The molecule has 0 bridgehead atoms. The van der Waals surface area contributed by atoms with Crippen molar-refractivity contribution in [2.45, 2.75) is 44.2 Å². The molecule has 1 aliphatic heterocycles. The minimum atomic E-state index is -0.613. The van der Waals surface area contributed by atoms with Crippen LogP contribution in [0.4, 0.5) is 4.79 Å². The number of nitrogens with zero attached hydrogens (tertiary/aromatic N) is 1. The number of rotatable bonds is 3. The summed E-state index contributed by atoms with van der Waals surface area (Å²) in [4.78, 5) is 24.9. The molecule has 3 N–H and O–H groups in total. The van der Waals surface area contributed by atoms with Crippen molar-refractivity contribution in [3.63, 3.8) is 0 Å². The van der Waals surface area contributed by atoms with Crippen LogP contribution in [0.3, 0.4) is 0 Å². The highest BCUT2D eigenvalue weighted by Crippen LogP contribution is 2.32. The van der Waals surface area contributed by atoms with Crippen LogP contribution in [-0.2, 0) is 9.53 Å². The summed E-state index contributed by atoms with van der Waals surface area (Å²) >= 11 is 0. The van der Waals surface area contributed by atoms with Gasteiger partial charge < -0.3 is 20.7 Å². The number of nitrogens with one attached hydrogen (secondary N) is 1. The largest absolute Gasteiger partial charge is 0.450 e. The van der Waals surface area contributed by atoms with E-state index in [1.54, 1.807) is 11.8 Å². The van der Waals surface area contributed by atoms with Gasteiger partial charge in [-0.3, -0.25) is 4.79 Å². The van der Waals surface area contributed by atoms with Crippen molar-refractivity contribution in [2.24, 2.45) is 5.73 Å². The molecule has 0 aromatic carbocycles. The van der Waals surface area contributed by atoms with Gasteiger partial charge in [-0.2, -0.15) is 0 Å². The summed E-state index contributed by atoms with van der Waals surface area (Å²) in [5.41, 5.74) is 5.21. The van der Waals surface area contributed by atoms with Gasteiger partial charge in [-0.25, -0.2) is 4.79 Å². The van der Waals surface area contributed by atoms with Crippen LogP contribution in [0.1, 0.15) is 32.6 Å². The van der Waals surface area contributed by atoms with Gasteiger partial charge in [0.1, 0.15) is 0 Å². The van der Waals surface area contributed by atoms with Crippen LogP contribution in [-0.4, -0.2) is 48.2 Å². The second-order valence-electron chi connectivity index (χ2n) is 5.09. The van der Waals surface area contributed by atoms with Gasteiger partial charge >= 0.3 is 6.09 Å². The number of carbonyl (C=O) groups excluding carboxylic acids is 2. The van der Waals surface area contributed by atoms with Crippen LogP contribution in [0.15, 0.2) is 0 Å². The molecule has 1 heterocycles. The van der Waals surface area contributed by atoms with Crippen molar-refractivity contribution >= 4 is 12.0 Å². The summed E-state index contributed by atoms with van der Waals surface area (Å²) in [6.45, 7) is 3.44. The molecule has 0 aromatic rings. The van der Waals surface area contributed by atoms with E-state index in [1.807, 2.05) is 0 Å². The van der Waals surface area contributed by atoms with Gasteiger partial charge in [-0.15, -0.1) is 0 Å². The number of nitrogens with two attached hydrogens (primary N) is 1. The molecular formula is C12H21N3O3. The van der Waals surface area contributed by atoms with E-state index in [-0.39, 0.29) is 18.0 Å². The molecule has 2 rings (SSSR count). The Bertz CT molecular complexity index is 333. The smallest absolute Gasteiger partial charge is 0.409 e. The zero-order valence-corrected chi connectivity index (χ0v) is 10.8. The van der Waals surface area contributed by atoms with Crippen molar-refractivity contribution < 1.29 is 14.3 Å². The Kier molecular flexibility index (Phi) is 3.75. The second-order valence-corrected chi connectivity index (χ2v) is 5.09. The highest BCUT2D eigenvalue weighted by Gasteiger charge is 2.46. The molecule has 1 saturated carbocycles. The highest BCUT2D eigenvalue weighted by molar-refractivity contribution is 5.89. The summed E-state index contributed by atoms with van der Waals surface area (Å²) in [6.07, 6.45) is 2.82. The maximum atomic E-state index is 11.8. The summed E-state index contributed by atoms with van der Waals surface area (Å²) in [5.74, 6) is -0.0444. The third-order valence-electron chi connectivity index (χ3n) is 3.60. The molecule has 2 fully saturated rings. The van der Waals surface area contributed by atoms with Gasteiger partial charge in [-0.05, 0) is 32.6 Å². The normalized spacial score (nSPS) is 22.4. The molecule has 1 aliphatic carbocycles. The molecule has 0 spiro atoms. The number of ether oxygens (including phenoxy) is 1. The Morgan fingerprint density at radius 2 is 2.00 bits per heavy atom. The molecular weight excluding hydrogens is 234 g/mol. The Hall–Kier alpha value is -1.30. The minimum Gasteiger partial charge on any atom is -0.450 e. The van der Waals surface area contributed by atoms with Gasteiger partial charge in [0.15, 0.2) is 0 Å². The first-order valence-corrected chi connectivity index (χ1v) is 6.57. The Balaban J connectivity index is 1.73. The first kappa shape index (κ1) is 13.1. The lowest BCUT2D eigenvalue weighted by atomic mass is 10.0. The highest BCUT2D eigenvalue weighted by atomic mass is 16.6. The predicted octanol–water partition coefficient (Wildman–Crippen LogP) is 0.215. The zero-order valence-electron chi connectivity index (χ0n) is 10.8. The SMILES string of the molecule is CCOC(=O)N1CCC(NC(=O)C2(N)CC2)CC1. The standard InChI is InChI=1S/C12H21N3O3/c1-2-18-11(17)15-7-3-9(4-8-15)14-10(16)12(13)5-6-12/h9H,2-8,13H2,1H3,(H,14,16). The van der Waals surface area contributed by atoms with Gasteiger partial charge in [0, 0.05) is 19.1 Å². The topological polar surface area (TPSA) is 84.7 Å². The lowest BCUT2D eigenvalue weighted by Crippen LogP contribution is -2.51. The molecule has 6 heteroatoms. The molecule has 2 amide bonds. The van der Waals surface area contributed by atoms with E-state index in [1.165, 1.54) is 0 Å². The molecule has 6 nitrogen and oxygen atoms in total. The first-order valence-electron chi connectivity index (χ1n) is 6.57. The number of piperidine rings is 1. The third kappa shape index (κ3) is 2.93. The number of hydrogen-bond donors (Lipinski definition) is 2. The van der Waals surface area contributed by atoms with Gasteiger partial charge in [0.2, 0.25) is 5.91 Å². The van der Waals surface area contributed by atoms with E-state index in [0.29, 0.717) is 19.7 Å². The van der Waals surface area contributed by atoms with E-state index < -0.39 is 5.54 Å². The van der Waals surface area contributed by atoms with Crippen molar-refractivity contribution in [3.8, 4) is 0 Å². The average molecular weight is 255 g/mol. The zero-order chi connectivity index (χ0) is 13.2. The monoisotopic (exact) mass is 255 g/mol. The van der Waals surface area contributed by atoms with Crippen LogP contribution >= 0.6 is 0 Å². The third-order valence-corrected chi connectivity index (χ3v) is 3.60. The molecule has 102 valence electrons. The minimum absolute atomic E-state index is 0.0444. The van der Waals surface area contributed by atoms with E-state index in [4.69, 9.17) is 10.5 Å². The van der Waals surface area contributed by atoms with Crippen molar-refractivity contribution in [1.82, 2.24) is 10.2 Å². The lowest BCUT2D eigenvalue weighted by Gasteiger charge is -2.32. The second kappa shape index (κ2) is 5.14. The summed E-state index contributed by atoms with van der Waals surface area (Å²) < 4.78 is 4.94. The van der Waals surface area contributed by atoms with Crippen molar-refractivity contribution in [1.29, 1.82) is 0 Å². The van der Waals surface area contributed by atoms with Gasteiger partial charge in [0.25, 0.3) is 0 Å². The number of likely N-dealkylation sites (tertiary alicyclic amines) is 1. The summed E-state index contributed by atoms with van der Waals surface area (Å²) in [5, 5.41) is 2.97. The molecule has 1 saturated heterocycles. The van der Waals surface area contributed by atoms with Crippen molar-refractivity contribution in [3.05, 3.63) is 0 Å². The average Bonchev–Trinajstić information content (AvgIpc) is 3.10. The molecule has 0 aromatic heterocycles. The first-order chi connectivity index (χ1) is 8.55. The quantitative estimate of drug-likeness (QED) is 0.755. The Labute approximate surface area is 107 Å². The van der Waals surface area contributed by atoms with E-state index in [0.717, 1.165) is 25.7 Å². The van der Waals surface area contributed by atoms with Crippen LogP contribution in [0.25, 0.3) is 0 Å². The molecule has 0 unspecified atom stereocenters. The summed E-state index contributed by atoms with van der Waals surface area (Å²) in [6, 6.07) is 0.129. The Morgan fingerprint density at radius 1 is 1.39 bits per heavy atom. The number of carbonyl (C=O) groups is 2. The van der Waals surface area contributed by atoms with E-state index in [2.05, 4.69) is 5.32 Å². The predicted molar refractivity (Wildman–Crippen MR) is 65.9 cm³/mol. The molecule has 18 heavy (non-hydrogen) atoms. The van der Waals surface area contributed by atoms with Crippen LogP contribution in [0.5, 0.6) is 0 Å². The molecule has 0 atom stereocenters. The fourth-order valence-electron chi connectivity index (χ4n) is 2.11. The fourth-order valence-corrected chi connectivity index (χ4v) is 2.11. The fraction of sp³-hybridized carbons (Fsp3) is 0.833. The van der Waals surface area contributed by atoms with Crippen LogP contribution in [0, 0.1) is 0 Å². The van der Waals surface area contributed by atoms with Gasteiger partial charge in [0.05, 0.1) is 12.1 Å². The summed E-state index contributed by atoms with van der Waals surface area (Å²) in [7, 11) is 0. The van der Waals surface area contributed by atoms with E-state index in [9.17, 15) is 9.59 Å². The maximum Gasteiger partial charge on any atom is 0.409 e. The lowest BCUT2D eigenvalue weighted by molar-refractivity contribution is -0.124. The Morgan fingerprint density at radius 3 is 2.50 bits per heavy atom. The molecule has 0 radical (unpaired) electrons. The number of amides is 2. The number of hydrogen-bond acceptors (Lipinski definition) is 4.